The van der Waals surface area contributed by atoms with Gasteiger partial charge in [0.15, 0.2) is 0 Å². The van der Waals surface area contributed by atoms with E-state index in [9.17, 15) is 13.2 Å². The van der Waals surface area contributed by atoms with E-state index in [-0.39, 0.29) is 10.6 Å². The molecule has 0 saturated carbocycles. The third-order valence-electron chi connectivity index (χ3n) is 1.87. The molecule has 0 amide bonds. The first-order chi connectivity index (χ1) is 6.84. The van der Waals surface area contributed by atoms with Gasteiger partial charge < -0.3 is 10.8 Å². The average Bonchev–Trinajstić information content (AvgIpc) is 2.14. The average molecular weight is 240 g/mol. The molecule has 1 rings (SSSR count). The Labute approximate surface area is 89.5 Å². The predicted octanol–water partition coefficient (Wildman–Crippen LogP) is 2.35. The molecule has 0 radical (unpaired) electrons. The first-order valence-electron chi connectivity index (χ1n) is 4.08. The highest BCUT2D eigenvalue weighted by molar-refractivity contribution is 6.30. The maximum absolute atomic E-state index is 12.4. The lowest BCUT2D eigenvalue weighted by molar-refractivity contribution is -0.137. The van der Waals surface area contributed by atoms with Gasteiger partial charge in [-0.2, -0.15) is 13.2 Å². The summed E-state index contributed by atoms with van der Waals surface area (Å²) in [5.74, 6) is 0. The van der Waals surface area contributed by atoms with Crippen molar-refractivity contribution in [2.75, 3.05) is 6.61 Å². The number of hydrogen-bond acceptors (Lipinski definition) is 2. The van der Waals surface area contributed by atoms with E-state index in [1.54, 1.807) is 0 Å². The molecule has 2 nitrogen and oxygen atoms in total. The summed E-state index contributed by atoms with van der Waals surface area (Å²) in [6.07, 6.45) is -4.46. The van der Waals surface area contributed by atoms with Crippen LogP contribution in [0.3, 0.4) is 0 Å². The van der Waals surface area contributed by atoms with Crippen molar-refractivity contribution in [3.63, 3.8) is 0 Å². The van der Waals surface area contributed by atoms with Gasteiger partial charge in [-0.15, -0.1) is 0 Å². The highest BCUT2D eigenvalue weighted by Crippen LogP contribution is 2.32. The lowest BCUT2D eigenvalue weighted by Gasteiger charge is -2.13. The molecule has 3 N–H and O–H groups in total. The molecule has 1 aromatic carbocycles. The Morgan fingerprint density at radius 3 is 2.40 bits per heavy atom. The van der Waals surface area contributed by atoms with Gasteiger partial charge in [-0.1, -0.05) is 11.6 Å². The van der Waals surface area contributed by atoms with Gasteiger partial charge in [0.1, 0.15) is 0 Å². The molecule has 0 fully saturated rings. The highest BCUT2D eigenvalue weighted by atomic mass is 35.5. The molecular formula is C9H9ClF3NO. The molecule has 84 valence electrons. The first-order valence-corrected chi connectivity index (χ1v) is 4.46. The van der Waals surface area contributed by atoms with Crippen molar-refractivity contribution in [3.05, 3.63) is 34.3 Å². The van der Waals surface area contributed by atoms with Crippen molar-refractivity contribution in [1.29, 1.82) is 0 Å². The number of benzene rings is 1. The Kier molecular flexibility index (Phi) is 3.59. The molecule has 0 spiro atoms. The number of nitrogens with two attached hydrogens (primary N) is 1. The summed E-state index contributed by atoms with van der Waals surface area (Å²) in [5.41, 5.74) is 4.70. The van der Waals surface area contributed by atoms with Crippen molar-refractivity contribution in [2.24, 2.45) is 5.73 Å². The largest absolute Gasteiger partial charge is 0.416 e. The van der Waals surface area contributed by atoms with Crippen LogP contribution in [-0.4, -0.2) is 11.7 Å². The quantitative estimate of drug-likeness (QED) is 0.832. The highest BCUT2D eigenvalue weighted by Gasteiger charge is 2.31. The van der Waals surface area contributed by atoms with E-state index in [0.29, 0.717) is 0 Å². The molecule has 0 bridgehead atoms. The molecule has 1 aromatic rings. The second-order valence-corrected chi connectivity index (χ2v) is 3.50. The van der Waals surface area contributed by atoms with Gasteiger partial charge >= 0.3 is 6.18 Å². The Morgan fingerprint density at radius 2 is 1.93 bits per heavy atom. The van der Waals surface area contributed by atoms with Crippen LogP contribution < -0.4 is 5.73 Å². The second-order valence-electron chi connectivity index (χ2n) is 3.06. The molecule has 0 aromatic heterocycles. The maximum atomic E-state index is 12.4. The number of aliphatic hydroxyl groups is 1. The monoisotopic (exact) mass is 239 g/mol. The third kappa shape index (κ3) is 3.09. The zero-order valence-corrected chi connectivity index (χ0v) is 8.31. The molecule has 0 aliphatic carbocycles. The fourth-order valence-corrected chi connectivity index (χ4v) is 1.34. The van der Waals surface area contributed by atoms with E-state index in [1.165, 1.54) is 6.07 Å². The Hall–Kier alpha value is -0.780. The van der Waals surface area contributed by atoms with Crippen LogP contribution in [0.15, 0.2) is 18.2 Å². The molecule has 0 aliphatic heterocycles. The molecule has 15 heavy (non-hydrogen) atoms. The van der Waals surface area contributed by atoms with E-state index >= 15 is 0 Å². The van der Waals surface area contributed by atoms with Gasteiger partial charge in [-0.25, -0.2) is 0 Å². The van der Waals surface area contributed by atoms with Gasteiger partial charge in [0.2, 0.25) is 0 Å². The van der Waals surface area contributed by atoms with E-state index in [1.807, 2.05) is 0 Å². The van der Waals surface area contributed by atoms with E-state index in [2.05, 4.69) is 0 Å². The fourth-order valence-electron chi connectivity index (χ4n) is 1.10. The lowest BCUT2D eigenvalue weighted by Crippen LogP contribution is -2.16. The van der Waals surface area contributed by atoms with Gasteiger partial charge in [0.05, 0.1) is 18.2 Å². The topological polar surface area (TPSA) is 46.2 Å². The minimum Gasteiger partial charge on any atom is -0.394 e. The number of hydrogen-bond donors (Lipinski definition) is 2. The van der Waals surface area contributed by atoms with Gasteiger partial charge in [-0.05, 0) is 23.8 Å². The Bertz CT molecular complexity index is 354. The van der Waals surface area contributed by atoms with Gasteiger partial charge in [0, 0.05) is 5.02 Å². The minimum absolute atomic E-state index is 0.0521. The molecule has 0 aliphatic rings. The van der Waals surface area contributed by atoms with E-state index < -0.39 is 24.4 Å². The summed E-state index contributed by atoms with van der Waals surface area (Å²) in [6, 6.07) is 2.14. The Balaban J connectivity index is 3.17. The normalized spacial score (nSPS) is 14.0. The predicted molar refractivity (Wildman–Crippen MR) is 50.5 cm³/mol. The number of rotatable bonds is 2. The smallest absolute Gasteiger partial charge is 0.394 e. The molecule has 1 unspecified atom stereocenters. The summed E-state index contributed by atoms with van der Waals surface area (Å²) >= 11 is 5.52. The zero-order valence-electron chi connectivity index (χ0n) is 7.55. The van der Waals surface area contributed by atoms with Crippen molar-refractivity contribution in [3.8, 4) is 0 Å². The van der Waals surface area contributed by atoms with Crippen LogP contribution in [0.2, 0.25) is 5.02 Å². The molecule has 6 heteroatoms. The zero-order chi connectivity index (χ0) is 11.6. The van der Waals surface area contributed by atoms with Crippen molar-refractivity contribution in [1.82, 2.24) is 0 Å². The number of halogens is 4. The molecule has 0 heterocycles. The summed E-state index contributed by atoms with van der Waals surface area (Å²) in [7, 11) is 0. The lowest BCUT2D eigenvalue weighted by atomic mass is 10.0. The summed E-state index contributed by atoms with van der Waals surface area (Å²) in [4.78, 5) is 0. The standard InChI is InChI=1S/C9H9ClF3NO/c10-7-2-5(8(14)4-15)1-6(3-7)9(11,12)13/h1-3,8,15H,4,14H2. The van der Waals surface area contributed by atoms with Crippen LogP contribution in [0, 0.1) is 0 Å². The SMILES string of the molecule is NC(CO)c1cc(Cl)cc(C(F)(F)F)c1. The Morgan fingerprint density at radius 1 is 1.33 bits per heavy atom. The van der Waals surface area contributed by atoms with Crippen LogP contribution >= 0.6 is 11.6 Å². The van der Waals surface area contributed by atoms with E-state index in [4.69, 9.17) is 22.4 Å². The van der Waals surface area contributed by atoms with Crippen LogP contribution in [0.25, 0.3) is 0 Å². The maximum Gasteiger partial charge on any atom is 0.416 e. The van der Waals surface area contributed by atoms with Crippen LogP contribution in [0.4, 0.5) is 13.2 Å². The molecule has 0 saturated heterocycles. The van der Waals surface area contributed by atoms with Crippen LogP contribution in [-0.2, 0) is 6.18 Å². The third-order valence-corrected chi connectivity index (χ3v) is 2.09. The molecule has 1 atom stereocenters. The summed E-state index contributed by atoms with van der Waals surface area (Å²) < 4.78 is 37.1. The van der Waals surface area contributed by atoms with Crippen molar-refractivity contribution in [2.45, 2.75) is 12.2 Å². The van der Waals surface area contributed by atoms with Gasteiger partial charge in [-0.3, -0.25) is 0 Å². The van der Waals surface area contributed by atoms with Gasteiger partial charge in [0.25, 0.3) is 0 Å². The fraction of sp³-hybridized carbons (Fsp3) is 0.333. The first kappa shape index (κ1) is 12.3. The van der Waals surface area contributed by atoms with E-state index in [0.717, 1.165) is 12.1 Å². The van der Waals surface area contributed by atoms with Crippen LogP contribution in [0.5, 0.6) is 0 Å². The van der Waals surface area contributed by atoms with Crippen molar-refractivity contribution < 1.29 is 18.3 Å². The van der Waals surface area contributed by atoms with Crippen LogP contribution in [0.1, 0.15) is 17.2 Å². The number of aliphatic hydroxyl groups excluding tert-OH is 1. The van der Waals surface area contributed by atoms with Crippen molar-refractivity contribution >= 4 is 11.6 Å². The second kappa shape index (κ2) is 4.38. The molecular weight excluding hydrogens is 231 g/mol. The minimum atomic E-state index is -4.46. The number of alkyl halides is 3. The summed E-state index contributed by atoms with van der Waals surface area (Å²) in [5, 5.41) is 8.67. The summed E-state index contributed by atoms with van der Waals surface area (Å²) in [6.45, 7) is -0.433.